The molecule has 0 aliphatic rings. The fourth-order valence-electron chi connectivity index (χ4n) is 2.03. The lowest BCUT2D eigenvalue weighted by Gasteiger charge is -2.41. The third kappa shape index (κ3) is 8.02. The van der Waals surface area contributed by atoms with Gasteiger partial charge < -0.3 is 0 Å². The minimum atomic E-state index is -10.3. The number of hydrogen-bond acceptors (Lipinski definition) is 5. The summed E-state index contributed by atoms with van der Waals surface area (Å²) in [6.45, 7) is 3.07. The number of rotatable bonds is 8. The van der Waals surface area contributed by atoms with Crippen molar-refractivity contribution in [3.8, 4) is 0 Å². The lowest BCUT2D eigenvalue weighted by molar-refractivity contribution is -0.116. The highest BCUT2D eigenvalue weighted by Gasteiger charge is 2.65. The quantitative estimate of drug-likeness (QED) is 0.195. The smallest absolute Gasteiger partial charge is 0.282 e. The first-order valence-electron chi connectivity index (χ1n) is 8.82. The first kappa shape index (κ1) is 26.6. The van der Waals surface area contributed by atoms with Crippen molar-refractivity contribution in [2.24, 2.45) is 0 Å². The number of nitrogens with one attached hydrogen (secondary N) is 2. The number of hydrogen-bond donors (Lipinski definition) is 2. The average Bonchev–Trinajstić information content (AvgIpc) is 3.17. The van der Waals surface area contributed by atoms with Gasteiger partial charge in [-0.25, -0.2) is 14.6 Å². The van der Waals surface area contributed by atoms with E-state index < -0.39 is 50.3 Å². The Balaban J connectivity index is 2.17. The van der Waals surface area contributed by atoms with Crippen LogP contribution in [0.25, 0.3) is 11.8 Å². The van der Waals surface area contributed by atoms with E-state index in [9.17, 15) is 37.4 Å². The van der Waals surface area contributed by atoms with Crippen LogP contribution in [0.3, 0.4) is 0 Å². The maximum Gasteiger partial charge on any atom is 0.416 e. The zero-order chi connectivity index (χ0) is 25.8. The number of pyridine rings is 1. The summed E-state index contributed by atoms with van der Waals surface area (Å²) in [7, 11) is -10.3. The molecule has 16 heteroatoms. The third-order valence-electron chi connectivity index (χ3n) is 3.78. The van der Waals surface area contributed by atoms with Gasteiger partial charge in [0, 0.05) is 24.0 Å². The predicted molar refractivity (Wildman–Crippen MR) is 111 cm³/mol. The fraction of sp³-hybridized carbons (Fsp3) is 0.111. The van der Waals surface area contributed by atoms with Gasteiger partial charge in [0.25, 0.3) is 5.91 Å². The van der Waals surface area contributed by atoms with E-state index in [2.05, 4.69) is 32.5 Å². The van der Waals surface area contributed by atoms with Crippen LogP contribution in [0.1, 0.15) is 12.7 Å². The van der Waals surface area contributed by atoms with Crippen LogP contribution in [-0.4, -0.2) is 31.8 Å². The molecular weight excluding hydrogens is 500 g/mol. The summed E-state index contributed by atoms with van der Waals surface area (Å²) < 4.78 is 104. The Morgan fingerprint density at radius 2 is 1.79 bits per heavy atom. The zero-order valence-corrected chi connectivity index (χ0v) is 17.8. The highest BCUT2D eigenvalue weighted by Crippen LogP contribution is 3.02. The van der Waals surface area contributed by atoms with Crippen molar-refractivity contribution < 1.29 is 37.4 Å². The van der Waals surface area contributed by atoms with E-state index in [1.807, 2.05) is 0 Å². The van der Waals surface area contributed by atoms with E-state index in [1.54, 1.807) is 18.2 Å². The first-order chi connectivity index (χ1) is 15.3. The number of carbonyl (C=O) groups is 1. The lowest BCUT2D eigenvalue weighted by Crippen LogP contribution is -2.28. The summed E-state index contributed by atoms with van der Waals surface area (Å²) in [5.41, 5.74) is 2.12. The van der Waals surface area contributed by atoms with Crippen LogP contribution in [0, 0.1) is 0 Å². The van der Waals surface area contributed by atoms with E-state index in [0.29, 0.717) is 5.82 Å². The first-order valence-corrected chi connectivity index (χ1v) is 10.8. The minimum absolute atomic E-state index is 0.0971. The second-order valence-electron chi connectivity index (χ2n) is 6.54. The van der Waals surface area contributed by atoms with Gasteiger partial charge in [0.2, 0.25) is 0 Å². The van der Waals surface area contributed by atoms with Crippen molar-refractivity contribution in [2.45, 2.75) is 13.1 Å². The maximum atomic E-state index is 13.1. The molecule has 0 unspecified atom stereocenters. The Bertz CT molecular complexity index is 1170. The summed E-state index contributed by atoms with van der Waals surface area (Å²) in [4.78, 5) is 16.6. The Labute approximate surface area is 187 Å². The number of aromatic nitrogens is 4. The topological polar surface area (TPSA) is 84.7 Å². The Morgan fingerprint density at radius 1 is 1.12 bits per heavy atom. The van der Waals surface area contributed by atoms with Crippen molar-refractivity contribution in [1.29, 1.82) is 0 Å². The van der Waals surface area contributed by atoms with Crippen molar-refractivity contribution in [1.82, 2.24) is 25.2 Å². The molecule has 2 N–H and O–H groups in total. The maximum absolute atomic E-state index is 13.1. The molecule has 34 heavy (non-hydrogen) atoms. The third-order valence-corrected chi connectivity index (χ3v) is 5.11. The molecular formula is C18H16F8N6OS. The van der Waals surface area contributed by atoms with Crippen LogP contribution in [0.4, 0.5) is 38.4 Å². The highest BCUT2D eigenvalue weighted by atomic mass is 32.5. The van der Waals surface area contributed by atoms with Crippen LogP contribution in [0.15, 0.2) is 66.0 Å². The van der Waals surface area contributed by atoms with Gasteiger partial charge in [-0.05, 0) is 31.2 Å². The number of hydrazine groups is 1. The van der Waals surface area contributed by atoms with Gasteiger partial charge in [-0.15, -0.1) is 5.10 Å². The lowest BCUT2D eigenvalue weighted by atomic mass is 10.1. The molecule has 0 fully saturated rings. The van der Waals surface area contributed by atoms with Crippen molar-refractivity contribution in [3.05, 3.63) is 71.8 Å². The summed E-state index contributed by atoms with van der Waals surface area (Å²) in [5, 5.41) is 3.70. The summed E-state index contributed by atoms with van der Waals surface area (Å²) in [6.07, 6.45) is -1.55. The number of carbonyl (C=O) groups excluding carboxylic acids is 1. The Hall–Kier alpha value is -3.69. The molecule has 1 amide bonds. The van der Waals surface area contributed by atoms with E-state index in [0.717, 1.165) is 23.3 Å². The molecule has 0 aliphatic carbocycles. The predicted octanol–water partition coefficient (Wildman–Crippen LogP) is 5.99. The minimum Gasteiger partial charge on any atom is -0.282 e. The van der Waals surface area contributed by atoms with Crippen LogP contribution < -0.4 is 10.9 Å². The molecule has 0 aliphatic heterocycles. The van der Waals surface area contributed by atoms with E-state index in [-0.39, 0.29) is 13.0 Å². The molecule has 7 nitrogen and oxygen atoms in total. The number of anilines is 1. The average molecular weight is 516 g/mol. The second-order valence-corrected chi connectivity index (χ2v) is 9.12. The van der Waals surface area contributed by atoms with Gasteiger partial charge >= 0.3 is 16.4 Å². The second kappa shape index (κ2) is 8.58. The van der Waals surface area contributed by atoms with Crippen molar-refractivity contribution in [3.63, 3.8) is 0 Å². The molecule has 0 radical (unpaired) electrons. The van der Waals surface area contributed by atoms with Gasteiger partial charge in [-0.2, -0.15) is 13.2 Å². The van der Waals surface area contributed by atoms with Gasteiger partial charge in [-0.1, -0.05) is 32.1 Å². The summed E-state index contributed by atoms with van der Waals surface area (Å²) >= 11 is 0. The largest absolute Gasteiger partial charge is 0.416 e. The highest BCUT2D eigenvalue weighted by molar-refractivity contribution is 8.48. The molecule has 2 heterocycles. The van der Waals surface area contributed by atoms with E-state index >= 15 is 0 Å². The molecule has 0 aromatic carbocycles. The molecule has 2 aromatic heterocycles. The SMILES string of the molecule is C=C(/C=C(\C=C(/C)S(F)(F)(F)(F)F)C(F)(F)F)c1ncn(/C=C\C(=O)NNc2ccccn2)n1. The van der Waals surface area contributed by atoms with Gasteiger partial charge in [0.1, 0.15) is 12.1 Å². The number of nitrogens with zero attached hydrogens (tertiary/aromatic N) is 4. The number of halogens is 8. The number of allylic oxidation sites excluding steroid dienone is 5. The van der Waals surface area contributed by atoms with Crippen molar-refractivity contribution in [2.75, 3.05) is 5.43 Å². The Kier molecular flexibility index (Phi) is 6.71. The van der Waals surface area contributed by atoms with Crippen LogP contribution >= 0.6 is 10.2 Å². The van der Waals surface area contributed by atoms with Gasteiger partial charge in [0.05, 0.1) is 10.5 Å². The van der Waals surface area contributed by atoms with Crippen LogP contribution in [0.2, 0.25) is 0 Å². The van der Waals surface area contributed by atoms with Crippen LogP contribution in [-0.2, 0) is 4.79 Å². The molecule has 0 bridgehead atoms. The van der Waals surface area contributed by atoms with E-state index in [1.165, 1.54) is 6.20 Å². The van der Waals surface area contributed by atoms with Crippen LogP contribution in [0.5, 0.6) is 0 Å². The van der Waals surface area contributed by atoms with Gasteiger partial charge in [0.15, 0.2) is 5.82 Å². The standard InChI is InChI=1S/C18H16F8N6OS/c1-12(9-14(18(19,20)21)10-13(2)34(22,23,24,25)26)17-28-11-32(31-17)8-6-16(33)30-29-15-5-3-4-7-27-15/h3-11H,1H2,2H3,(H,27,29)(H,30,33)/b8-6-,13-10+,14-9+. The summed E-state index contributed by atoms with van der Waals surface area (Å²) in [5.74, 6) is -0.792. The molecule has 2 aromatic rings. The summed E-state index contributed by atoms with van der Waals surface area (Å²) in [6, 6.07) is 4.88. The van der Waals surface area contributed by atoms with Gasteiger partial charge in [-0.3, -0.25) is 15.6 Å². The van der Waals surface area contributed by atoms with Crippen molar-refractivity contribution >= 4 is 33.7 Å². The fourth-order valence-corrected chi connectivity index (χ4v) is 2.38. The number of amides is 1. The normalized spacial score (nSPS) is 15.6. The molecule has 0 atom stereocenters. The van der Waals surface area contributed by atoms with E-state index in [4.69, 9.17) is 0 Å². The molecule has 2 rings (SSSR count). The monoisotopic (exact) mass is 516 g/mol. The number of alkyl halides is 3. The molecule has 186 valence electrons. The molecule has 0 saturated carbocycles. The zero-order valence-electron chi connectivity index (χ0n) is 17.0. The Morgan fingerprint density at radius 3 is 2.35 bits per heavy atom. The molecule has 0 spiro atoms. The molecule has 0 saturated heterocycles.